The van der Waals surface area contributed by atoms with E-state index in [-0.39, 0.29) is 24.0 Å². The SMILES string of the molecule is O=C1CN(S(=O)(=O)c2ccn[nH]2)Cc2ccccc2N1. The molecule has 1 amide bonds. The predicted molar refractivity (Wildman–Crippen MR) is 71.3 cm³/mol. The number of hydrogen-bond donors (Lipinski definition) is 2. The Morgan fingerprint density at radius 1 is 1.15 bits per heavy atom. The number of nitrogens with zero attached hydrogens (tertiary/aromatic N) is 2. The van der Waals surface area contributed by atoms with Crippen molar-refractivity contribution in [3.8, 4) is 0 Å². The molecule has 1 aliphatic rings. The van der Waals surface area contributed by atoms with Gasteiger partial charge in [0.15, 0.2) is 5.03 Å². The topological polar surface area (TPSA) is 95.2 Å². The van der Waals surface area contributed by atoms with Crippen molar-refractivity contribution in [3.05, 3.63) is 42.1 Å². The van der Waals surface area contributed by atoms with Crippen LogP contribution in [0.1, 0.15) is 5.56 Å². The van der Waals surface area contributed by atoms with E-state index in [1.54, 1.807) is 24.3 Å². The number of para-hydroxylation sites is 1. The van der Waals surface area contributed by atoms with Gasteiger partial charge in [-0.1, -0.05) is 18.2 Å². The second kappa shape index (κ2) is 4.73. The summed E-state index contributed by atoms with van der Waals surface area (Å²) in [6.45, 7) is -0.0910. The van der Waals surface area contributed by atoms with Gasteiger partial charge in [0, 0.05) is 12.2 Å². The summed E-state index contributed by atoms with van der Waals surface area (Å²) in [6.07, 6.45) is 1.36. The van der Waals surface area contributed by atoms with E-state index in [0.717, 1.165) is 9.87 Å². The van der Waals surface area contributed by atoms with Crippen molar-refractivity contribution < 1.29 is 13.2 Å². The van der Waals surface area contributed by atoms with Gasteiger partial charge in [-0.3, -0.25) is 9.89 Å². The second-order valence-electron chi connectivity index (χ2n) is 4.40. The summed E-state index contributed by atoms with van der Waals surface area (Å²) >= 11 is 0. The van der Waals surface area contributed by atoms with Crippen molar-refractivity contribution in [2.45, 2.75) is 11.6 Å². The molecule has 2 aromatic rings. The highest BCUT2D eigenvalue weighted by atomic mass is 32.2. The number of nitrogens with one attached hydrogen (secondary N) is 2. The molecule has 20 heavy (non-hydrogen) atoms. The summed E-state index contributed by atoms with van der Waals surface area (Å²) in [7, 11) is -3.76. The third-order valence-electron chi connectivity index (χ3n) is 3.05. The molecule has 7 nitrogen and oxygen atoms in total. The molecule has 0 saturated carbocycles. The van der Waals surface area contributed by atoms with Gasteiger partial charge >= 0.3 is 0 Å². The summed E-state index contributed by atoms with van der Waals surface area (Å²) in [5.74, 6) is -0.363. The molecule has 0 saturated heterocycles. The fourth-order valence-corrected chi connectivity index (χ4v) is 3.35. The minimum Gasteiger partial charge on any atom is -0.325 e. The lowest BCUT2D eigenvalue weighted by atomic mass is 10.2. The molecule has 1 aromatic carbocycles. The van der Waals surface area contributed by atoms with Crippen molar-refractivity contribution in [1.29, 1.82) is 0 Å². The number of amides is 1. The third-order valence-corrected chi connectivity index (χ3v) is 4.77. The van der Waals surface area contributed by atoms with Gasteiger partial charge in [0.25, 0.3) is 10.0 Å². The molecule has 0 aliphatic carbocycles. The van der Waals surface area contributed by atoms with Gasteiger partial charge in [-0.2, -0.15) is 9.40 Å². The first-order chi connectivity index (χ1) is 9.57. The molecule has 0 atom stereocenters. The number of benzene rings is 1. The van der Waals surface area contributed by atoms with Crippen LogP contribution < -0.4 is 5.32 Å². The zero-order valence-electron chi connectivity index (χ0n) is 10.4. The molecule has 2 heterocycles. The van der Waals surface area contributed by atoms with Crippen LogP contribution in [-0.2, 0) is 21.4 Å². The molecule has 0 unspecified atom stereocenters. The third kappa shape index (κ3) is 2.19. The summed E-state index contributed by atoms with van der Waals surface area (Å²) in [5, 5.41) is 8.74. The van der Waals surface area contributed by atoms with Crippen molar-refractivity contribution in [2.75, 3.05) is 11.9 Å². The maximum atomic E-state index is 12.4. The largest absolute Gasteiger partial charge is 0.325 e. The Bertz CT molecular complexity index is 740. The van der Waals surface area contributed by atoms with E-state index in [9.17, 15) is 13.2 Å². The lowest BCUT2D eigenvalue weighted by Crippen LogP contribution is -2.35. The minimum absolute atomic E-state index is 0.0234. The number of hydrogen-bond acceptors (Lipinski definition) is 4. The molecular weight excluding hydrogens is 280 g/mol. The molecule has 1 aliphatic heterocycles. The van der Waals surface area contributed by atoms with Crippen molar-refractivity contribution in [3.63, 3.8) is 0 Å². The lowest BCUT2D eigenvalue weighted by Gasteiger charge is -2.17. The predicted octanol–water partition coefficient (Wildman–Crippen LogP) is 0.553. The Morgan fingerprint density at radius 2 is 1.95 bits per heavy atom. The van der Waals surface area contributed by atoms with E-state index in [1.165, 1.54) is 12.3 Å². The van der Waals surface area contributed by atoms with Crippen LogP contribution in [0.25, 0.3) is 0 Å². The van der Waals surface area contributed by atoms with Gasteiger partial charge < -0.3 is 5.32 Å². The van der Waals surface area contributed by atoms with Crippen molar-refractivity contribution >= 4 is 21.6 Å². The van der Waals surface area contributed by atoms with Crippen LogP contribution in [0.2, 0.25) is 0 Å². The van der Waals surface area contributed by atoms with E-state index in [0.29, 0.717) is 5.69 Å². The molecule has 104 valence electrons. The molecule has 8 heteroatoms. The number of H-pyrrole nitrogens is 1. The smallest absolute Gasteiger partial charge is 0.260 e. The average molecular weight is 292 g/mol. The number of anilines is 1. The Labute approximate surface area is 115 Å². The zero-order valence-corrected chi connectivity index (χ0v) is 11.2. The second-order valence-corrected chi connectivity index (χ2v) is 6.31. The minimum atomic E-state index is -3.76. The highest BCUT2D eigenvalue weighted by Crippen LogP contribution is 2.24. The molecule has 0 spiro atoms. The van der Waals surface area contributed by atoms with Crippen LogP contribution in [0.4, 0.5) is 5.69 Å². The lowest BCUT2D eigenvalue weighted by molar-refractivity contribution is -0.116. The molecule has 0 radical (unpaired) electrons. The summed E-state index contributed by atoms with van der Waals surface area (Å²) in [6, 6.07) is 8.50. The van der Waals surface area contributed by atoms with E-state index in [4.69, 9.17) is 0 Å². The van der Waals surface area contributed by atoms with Crippen LogP contribution in [0.3, 0.4) is 0 Å². The number of carbonyl (C=O) groups is 1. The Hall–Kier alpha value is -2.19. The first kappa shape index (κ1) is 12.8. The van der Waals surface area contributed by atoms with Gasteiger partial charge in [0.1, 0.15) is 0 Å². The number of rotatable bonds is 2. The Kier molecular flexibility index (Phi) is 3.03. The van der Waals surface area contributed by atoms with Gasteiger partial charge in [0.05, 0.1) is 12.7 Å². The maximum Gasteiger partial charge on any atom is 0.260 e. The summed E-state index contributed by atoms with van der Waals surface area (Å²) in [5.41, 5.74) is 1.39. The molecule has 2 N–H and O–H groups in total. The fourth-order valence-electron chi connectivity index (χ4n) is 2.07. The Morgan fingerprint density at radius 3 is 2.70 bits per heavy atom. The summed E-state index contributed by atoms with van der Waals surface area (Å²) in [4.78, 5) is 11.8. The molecule has 0 fully saturated rings. The number of fused-ring (bicyclic) bond motifs is 1. The standard InChI is InChI=1S/C12H12N4O3S/c17-11-8-16(20(18,19)12-5-6-13-15-12)7-9-3-1-2-4-10(9)14-11/h1-6H,7-8H2,(H,13,15)(H,14,17). The van der Waals surface area contributed by atoms with Gasteiger partial charge in [-0.05, 0) is 17.7 Å². The van der Waals surface area contributed by atoms with E-state index in [2.05, 4.69) is 15.5 Å². The number of aromatic amines is 1. The van der Waals surface area contributed by atoms with E-state index < -0.39 is 10.0 Å². The first-order valence-corrected chi connectivity index (χ1v) is 7.38. The number of sulfonamides is 1. The fraction of sp³-hybridized carbons (Fsp3) is 0.167. The van der Waals surface area contributed by atoms with E-state index >= 15 is 0 Å². The van der Waals surface area contributed by atoms with E-state index in [1.807, 2.05) is 0 Å². The zero-order chi connectivity index (χ0) is 14.2. The van der Waals surface area contributed by atoms with Crippen LogP contribution in [-0.4, -0.2) is 35.4 Å². The highest BCUT2D eigenvalue weighted by molar-refractivity contribution is 7.89. The van der Waals surface area contributed by atoms with Crippen LogP contribution in [0.5, 0.6) is 0 Å². The van der Waals surface area contributed by atoms with Crippen LogP contribution >= 0.6 is 0 Å². The van der Waals surface area contributed by atoms with Gasteiger partial charge in [-0.25, -0.2) is 8.42 Å². The first-order valence-electron chi connectivity index (χ1n) is 5.94. The van der Waals surface area contributed by atoms with Crippen molar-refractivity contribution in [1.82, 2.24) is 14.5 Å². The van der Waals surface area contributed by atoms with Crippen molar-refractivity contribution in [2.24, 2.45) is 0 Å². The average Bonchev–Trinajstić information content (AvgIpc) is 2.89. The monoisotopic (exact) mass is 292 g/mol. The molecule has 3 rings (SSSR count). The maximum absolute atomic E-state index is 12.4. The molecule has 0 bridgehead atoms. The molecule has 1 aromatic heterocycles. The van der Waals surface area contributed by atoms with Crippen LogP contribution in [0.15, 0.2) is 41.6 Å². The highest BCUT2D eigenvalue weighted by Gasteiger charge is 2.30. The normalized spacial score (nSPS) is 16.3. The summed E-state index contributed by atoms with van der Waals surface area (Å²) < 4.78 is 26.0. The number of carbonyl (C=O) groups excluding carboxylic acids is 1. The van der Waals surface area contributed by atoms with Gasteiger partial charge in [-0.15, -0.1) is 0 Å². The number of aromatic nitrogens is 2. The Balaban J connectivity index is 2.01. The quantitative estimate of drug-likeness (QED) is 0.845. The van der Waals surface area contributed by atoms with Crippen LogP contribution in [0, 0.1) is 0 Å². The molecular formula is C12H12N4O3S. The van der Waals surface area contributed by atoms with Gasteiger partial charge in [0.2, 0.25) is 5.91 Å².